The molecule has 0 aromatic rings. The van der Waals surface area contributed by atoms with Crippen molar-refractivity contribution in [1.29, 1.82) is 0 Å². The topological polar surface area (TPSA) is 38.8 Å². The summed E-state index contributed by atoms with van der Waals surface area (Å²) in [4.78, 5) is 19.2. The van der Waals surface area contributed by atoms with E-state index in [0.717, 1.165) is 45.7 Å². The molecule has 1 amide bonds. The molecule has 0 bridgehead atoms. The van der Waals surface area contributed by atoms with Crippen LogP contribution in [0.4, 0.5) is 0 Å². The predicted octanol–water partition coefficient (Wildman–Crippen LogP) is 0.223. The lowest BCUT2D eigenvalue weighted by Gasteiger charge is -2.38. The molecule has 0 radical (unpaired) electrons. The van der Waals surface area contributed by atoms with Crippen LogP contribution < -0.4 is 5.32 Å². The number of piperazine rings is 1. The Kier molecular flexibility index (Phi) is 5.81. The largest absolute Gasteiger partial charge is 0.339 e. The number of nitrogens with one attached hydrogen (secondary N) is 1. The highest BCUT2D eigenvalue weighted by Gasteiger charge is 2.29. The number of hydrogen-bond acceptors (Lipinski definition) is 4. The zero-order valence-corrected chi connectivity index (χ0v) is 13.3. The van der Waals surface area contributed by atoms with Gasteiger partial charge in [0.25, 0.3) is 0 Å². The Balaban J connectivity index is 1.74. The van der Waals surface area contributed by atoms with E-state index < -0.39 is 0 Å². The molecular weight excluding hydrogens is 252 g/mol. The quantitative estimate of drug-likeness (QED) is 0.801. The highest BCUT2D eigenvalue weighted by molar-refractivity contribution is 5.82. The molecule has 2 fully saturated rings. The molecule has 2 saturated heterocycles. The summed E-state index contributed by atoms with van der Waals surface area (Å²) < 4.78 is 0. The van der Waals surface area contributed by atoms with Crippen LogP contribution in [0.1, 0.15) is 26.2 Å². The fourth-order valence-electron chi connectivity index (χ4n) is 3.09. The van der Waals surface area contributed by atoms with Gasteiger partial charge in [-0.25, -0.2) is 0 Å². The van der Waals surface area contributed by atoms with E-state index in [1.807, 2.05) is 0 Å². The van der Waals surface area contributed by atoms with Gasteiger partial charge in [0.15, 0.2) is 0 Å². The van der Waals surface area contributed by atoms with E-state index in [-0.39, 0.29) is 6.04 Å². The SMILES string of the molecule is CC1CCCC(C(=O)N2CCN(CCN(C)C)CC2)N1. The molecule has 1 N–H and O–H groups in total. The standard InChI is InChI=1S/C15H30N4O/c1-13-5-4-6-14(16-13)15(20)19-11-9-18(10-12-19)8-7-17(2)3/h13-14,16H,4-12H2,1-3H3. The van der Waals surface area contributed by atoms with E-state index in [9.17, 15) is 4.79 Å². The Hall–Kier alpha value is -0.650. The second-order valence-corrected chi connectivity index (χ2v) is 6.52. The molecule has 2 heterocycles. The summed E-state index contributed by atoms with van der Waals surface area (Å²) in [5.74, 6) is 0.323. The Morgan fingerprint density at radius 1 is 1.20 bits per heavy atom. The number of nitrogens with zero attached hydrogens (tertiary/aromatic N) is 3. The monoisotopic (exact) mass is 282 g/mol. The van der Waals surface area contributed by atoms with Crippen LogP contribution in [0.3, 0.4) is 0 Å². The van der Waals surface area contributed by atoms with Gasteiger partial charge in [-0.2, -0.15) is 0 Å². The van der Waals surface area contributed by atoms with Crippen LogP contribution in [0.15, 0.2) is 0 Å². The van der Waals surface area contributed by atoms with Crippen molar-refractivity contribution in [1.82, 2.24) is 20.0 Å². The average molecular weight is 282 g/mol. The minimum absolute atomic E-state index is 0.0621. The first-order valence-corrected chi connectivity index (χ1v) is 7.98. The lowest BCUT2D eigenvalue weighted by molar-refractivity contribution is -0.136. The molecule has 116 valence electrons. The number of rotatable bonds is 4. The summed E-state index contributed by atoms with van der Waals surface area (Å²) in [7, 11) is 4.21. The van der Waals surface area contributed by atoms with Gasteiger partial charge in [0.05, 0.1) is 6.04 Å². The second-order valence-electron chi connectivity index (χ2n) is 6.52. The van der Waals surface area contributed by atoms with Crippen molar-refractivity contribution < 1.29 is 4.79 Å². The highest BCUT2D eigenvalue weighted by Crippen LogP contribution is 2.15. The first-order valence-electron chi connectivity index (χ1n) is 7.98. The first kappa shape index (κ1) is 15.7. The Bertz CT molecular complexity index is 313. The fourth-order valence-corrected chi connectivity index (χ4v) is 3.09. The van der Waals surface area contributed by atoms with Crippen LogP contribution in [0, 0.1) is 0 Å². The van der Waals surface area contributed by atoms with Crippen molar-refractivity contribution >= 4 is 5.91 Å². The molecule has 0 saturated carbocycles. The van der Waals surface area contributed by atoms with E-state index in [1.165, 1.54) is 12.8 Å². The zero-order chi connectivity index (χ0) is 14.5. The second kappa shape index (κ2) is 7.38. The summed E-state index contributed by atoms with van der Waals surface area (Å²) in [6.07, 6.45) is 3.37. The van der Waals surface area contributed by atoms with Crippen LogP contribution in [-0.4, -0.2) is 86.1 Å². The zero-order valence-electron chi connectivity index (χ0n) is 13.3. The van der Waals surface area contributed by atoms with Gasteiger partial charge in [0.1, 0.15) is 0 Å². The third kappa shape index (κ3) is 4.43. The van der Waals surface area contributed by atoms with Gasteiger partial charge >= 0.3 is 0 Å². The molecule has 20 heavy (non-hydrogen) atoms. The molecule has 2 atom stereocenters. The van der Waals surface area contributed by atoms with E-state index in [2.05, 4.69) is 41.0 Å². The summed E-state index contributed by atoms with van der Waals surface area (Å²) in [6.45, 7) is 8.18. The van der Waals surface area contributed by atoms with Crippen molar-refractivity contribution in [2.75, 3.05) is 53.4 Å². The number of carbonyl (C=O) groups excluding carboxylic acids is 1. The number of hydrogen-bond donors (Lipinski definition) is 1. The molecule has 2 aliphatic heterocycles. The summed E-state index contributed by atoms with van der Waals surface area (Å²) in [5, 5.41) is 3.45. The van der Waals surface area contributed by atoms with E-state index in [1.54, 1.807) is 0 Å². The average Bonchev–Trinajstić information content (AvgIpc) is 2.45. The van der Waals surface area contributed by atoms with Crippen molar-refractivity contribution in [3.8, 4) is 0 Å². The maximum Gasteiger partial charge on any atom is 0.239 e. The van der Waals surface area contributed by atoms with Gasteiger partial charge in [0.2, 0.25) is 5.91 Å². The molecule has 0 aromatic heterocycles. The maximum absolute atomic E-state index is 12.5. The smallest absolute Gasteiger partial charge is 0.239 e. The summed E-state index contributed by atoms with van der Waals surface area (Å²) >= 11 is 0. The van der Waals surface area contributed by atoms with Crippen molar-refractivity contribution in [2.24, 2.45) is 0 Å². The molecule has 2 unspecified atom stereocenters. The molecule has 0 aromatic carbocycles. The molecular formula is C15H30N4O. The number of amides is 1. The van der Waals surface area contributed by atoms with Gasteiger partial charge < -0.3 is 15.1 Å². The number of carbonyl (C=O) groups is 1. The van der Waals surface area contributed by atoms with Gasteiger partial charge in [-0.05, 0) is 40.3 Å². The molecule has 5 nitrogen and oxygen atoms in total. The van der Waals surface area contributed by atoms with Crippen LogP contribution in [-0.2, 0) is 4.79 Å². The molecule has 0 spiro atoms. The van der Waals surface area contributed by atoms with Gasteiger partial charge in [-0.1, -0.05) is 0 Å². The Morgan fingerprint density at radius 2 is 1.90 bits per heavy atom. The normalized spacial score (nSPS) is 28.9. The molecule has 2 rings (SSSR count). The molecule has 0 aliphatic carbocycles. The lowest BCUT2D eigenvalue weighted by Crippen LogP contribution is -2.56. The van der Waals surface area contributed by atoms with Gasteiger partial charge in [0, 0.05) is 45.3 Å². The molecule has 2 aliphatic rings. The molecule has 5 heteroatoms. The summed E-state index contributed by atoms with van der Waals surface area (Å²) in [5.41, 5.74) is 0. The van der Waals surface area contributed by atoms with Crippen molar-refractivity contribution in [3.63, 3.8) is 0 Å². The van der Waals surface area contributed by atoms with Crippen LogP contribution in [0.2, 0.25) is 0 Å². The van der Waals surface area contributed by atoms with Gasteiger partial charge in [-0.15, -0.1) is 0 Å². The fraction of sp³-hybridized carbons (Fsp3) is 0.933. The Morgan fingerprint density at radius 3 is 2.50 bits per heavy atom. The highest BCUT2D eigenvalue weighted by atomic mass is 16.2. The van der Waals surface area contributed by atoms with Crippen LogP contribution in [0.25, 0.3) is 0 Å². The van der Waals surface area contributed by atoms with Crippen LogP contribution in [0.5, 0.6) is 0 Å². The van der Waals surface area contributed by atoms with E-state index in [4.69, 9.17) is 0 Å². The van der Waals surface area contributed by atoms with E-state index >= 15 is 0 Å². The van der Waals surface area contributed by atoms with Crippen molar-refractivity contribution in [2.45, 2.75) is 38.3 Å². The Labute approximate surface area is 123 Å². The summed E-state index contributed by atoms with van der Waals surface area (Å²) in [6, 6.07) is 0.547. The van der Waals surface area contributed by atoms with Crippen LogP contribution >= 0.6 is 0 Å². The van der Waals surface area contributed by atoms with E-state index in [0.29, 0.717) is 11.9 Å². The number of piperidine rings is 1. The first-order chi connectivity index (χ1) is 9.56. The third-order valence-corrected chi connectivity index (χ3v) is 4.46. The lowest BCUT2D eigenvalue weighted by atomic mass is 9.98. The maximum atomic E-state index is 12.5. The van der Waals surface area contributed by atoms with Crippen molar-refractivity contribution in [3.05, 3.63) is 0 Å². The predicted molar refractivity (Wildman–Crippen MR) is 81.8 cm³/mol. The minimum atomic E-state index is 0.0621. The minimum Gasteiger partial charge on any atom is -0.339 e. The number of likely N-dealkylation sites (N-methyl/N-ethyl adjacent to an activating group) is 1. The van der Waals surface area contributed by atoms with Gasteiger partial charge in [-0.3, -0.25) is 9.69 Å². The third-order valence-electron chi connectivity index (χ3n) is 4.46.